The molecule has 26 heavy (non-hydrogen) atoms. The number of amides is 1. The van der Waals surface area contributed by atoms with Gasteiger partial charge in [0, 0.05) is 22.7 Å². The standard InChI is InChI=1S/C17H14BrN3O4S/c1-25-13-6-2-11(3-7-13)4-9-16(22)20-17(26)19-15-8-5-12(21(23)24)10-14(15)18/h2-10H,1H3,(H2,19,20,22,26)/b9-4+. The summed E-state index contributed by atoms with van der Waals surface area (Å²) in [6.45, 7) is 0. The van der Waals surface area contributed by atoms with Crippen molar-refractivity contribution in [1.82, 2.24) is 5.32 Å². The normalized spacial score (nSPS) is 10.4. The molecule has 2 rings (SSSR count). The number of hydrogen-bond donors (Lipinski definition) is 2. The first-order valence-corrected chi connectivity index (χ1v) is 8.47. The van der Waals surface area contributed by atoms with Crippen molar-refractivity contribution in [2.75, 3.05) is 12.4 Å². The molecule has 2 N–H and O–H groups in total. The molecule has 0 atom stereocenters. The van der Waals surface area contributed by atoms with Crippen molar-refractivity contribution in [3.8, 4) is 5.75 Å². The van der Waals surface area contributed by atoms with Crippen LogP contribution in [0.3, 0.4) is 0 Å². The number of nitrogens with one attached hydrogen (secondary N) is 2. The average Bonchev–Trinajstić information content (AvgIpc) is 2.62. The van der Waals surface area contributed by atoms with Crippen LogP contribution in [0.15, 0.2) is 53.0 Å². The molecular formula is C17H14BrN3O4S. The number of halogens is 1. The molecule has 0 bridgehead atoms. The van der Waals surface area contributed by atoms with E-state index in [1.165, 1.54) is 24.3 Å². The Bertz CT molecular complexity index is 869. The topological polar surface area (TPSA) is 93.5 Å². The zero-order valence-electron chi connectivity index (χ0n) is 13.6. The molecule has 0 aliphatic carbocycles. The Balaban J connectivity index is 1.93. The third-order valence-electron chi connectivity index (χ3n) is 3.19. The van der Waals surface area contributed by atoms with Gasteiger partial charge in [-0.1, -0.05) is 12.1 Å². The fraction of sp³-hybridized carbons (Fsp3) is 0.0588. The van der Waals surface area contributed by atoms with Crippen molar-refractivity contribution in [3.05, 3.63) is 68.7 Å². The molecule has 0 saturated heterocycles. The Kier molecular flexibility index (Phi) is 6.81. The molecule has 2 aromatic rings. The van der Waals surface area contributed by atoms with Crippen LogP contribution in [0.5, 0.6) is 5.75 Å². The molecule has 0 saturated carbocycles. The van der Waals surface area contributed by atoms with Gasteiger partial charge < -0.3 is 10.1 Å². The van der Waals surface area contributed by atoms with E-state index >= 15 is 0 Å². The van der Waals surface area contributed by atoms with Gasteiger partial charge in [0.1, 0.15) is 5.75 Å². The quantitative estimate of drug-likeness (QED) is 0.320. The number of nitrogens with zero attached hydrogens (tertiary/aromatic N) is 1. The van der Waals surface area contributed by atoms with Crippen molar-refractivity contribution >= 4 is 56.6 Å². The summed E-state index contributed by atoms with van der Waals surface area (Å²) in [4.78, 5) is 22.1. The van der Waals surface area contributed by atoms with E-state index in [4.69, 9.17) is 17.0 Å². The van der Waals surface area contributed by atoms with Crippen molar-refractivity contribution < 1.29 is 14.5 Å². The van der Waals surface area contributed by atoms with Crippen LogP contribution in [0.2, 0.25) is 0 Å². The van der Waals surface area contributed by atoms with E-state index in [0.717, 1.165) is 11.3 Å². The van der Waals surface area contributed by atoms with E-state index in [2.05, 4.69) is 26.6 Å². The molecular weight excluding hydrogens is 422 g/mol. The number of benzene rings is 2. The zero-order chi connectivity index (χ0) is 19.1. The molecule has 0 fully saturated rings. The third-order valence-corrected chi connectivity index (χ3v) is 4.05. The highest BCUT2D eigenvalue weighted by atomic mass is 79.9. The minimum Gasteiger partial charge on any atom is -0.497 e. The third kappa shape index (κ3) is 5.64. The first-order valence-electron chi connectivity index (χ1n) is 7.27. The second kappa shape index (κ2) is 9.07. The SMILES string of the molecule is COc1ccc(/C=C/C(=O)NC(=S)Nc2ccc([N+](=O)[O-])cc2Br)cc1. The average molecular weight is 436 g/mol. The van der Waals surface area contributed by atoms with Gasteiger partial charge >= 0.3 is 0 Å². The Morgan fingerprint density at radius 3 is 2.54 bits per heavy atom. The van der Waals surface area contributed by atoms with Gasteiger partial charge in [-0.3, -0.25) is 20.2 Å². The van der Waals surface area contributed by atoms with Crippen molar-refractivity contribution in [1.29, 1.82) is 0 Å². The molecule has 0 heterocycles. The molecule has 0 spiro atoms. The van der Waals surface area contributed by atoms with E-state index in [9.17, 15) is 14.9 Å². The molecule has 134 valence electrons. The van der Waals surface area contributed by atoms with Crippen LogP contribution in [0, 0.1) is 10.1 Å². The Morgan fingerprint density at radius 2 is 1.96 bits per heavy atom. The summed E-state index contributed by atoms with van der Waals surface area (Å²) in [5.74, 6) is 0.321. The molecule has 9 heteroatoms. The largest absolute Gasteiger partial charge is 0.497 e. The van der Waals surface area contributed by atoms with Gasteiger partial charge in [-0.05, 0) is 58.0 Å². The number of ether oxygens (including phenoxy) is 1. The van der Waals surface area contributed by atoms with E-state index in [1.54, 1.807) is 25.3 Å². The number of nitro groups is 1. The van der Waals surface area contributed by atoms with Crippen LogP contribution in [0.1, 0.15) is 5.56 Å². The first-order chi connectivity index (χ1) is 12.4. The number of carbonyl (C=O) groups excluding carboxylic acids is 1. The summed E-state index contributed by atoms with van der Waals surface area (Å²) in [5.41, 5.74) is 1.28. The maximum absolute atomic E-state index is 11.9. The monoisotopic (exact) mass is 435 g/mol. The highest BCUT2D eigenvalue weighted by molar-refractivity contribution is 9.10. The number of anilines is 1. The van der Waals surface area contributed by atoms with Gasteiger partial charge in [0.25, 0.3) is 5.69 Å². The van der Waals surface area contributed by atoms with E-state index < -0.39 is 10.8 Å². The number of thiocarbonyl (C=S) groups is 1. The smallest absolute Gasteiger partial charge is 0.270 e. The van der Waals surface area contributed by atoms with Crippen molar-refractivity contribution in [2.45, 2.75) is 0 Å². The predicted molar refractivity (Wildman–Crippen MR) is 107 cm³/mol. The second-order valence-corrected chi connectivity index (χ2v) is 6.23. The molecule has 0 aliphatic heterocycles. The molecule has 7 nitrogen and oxygen atoms in total. The van der Waals surface area contributed by atoms with Gasteiger partial charge in [-0.15, -0.1) is 0 Å². The zero-order valence-corrected chi connectivity index (χ0v) is 16.0. The summed E-state index contributed by atoms with van der Waals surface area (Å²) in [5, 5.41) is 16.1. The van der Waals surface area contributed by atoms with Gasteiger partial charge in [0.05, 0.1) is 17.7 Å². The summed E-state index contributed by atoms with van der Waals surface area (Å²) < 4.78 is 5.52. The van der Waals surface area contributed by atoms with Crippen molar-refractivity contribution in [2.24, 2.45) is 0 Å². The van der Waals surface area contributed by atoms with E-state index in [0.29, 0.717) is 10.2 Å². The number of nitro benzene ring substituents is 1. The fourth-order valence-electron chi connectivity index (χ4n) is 1.91. The van der Waals surface area contributed by atoms with Gasteiger partial charge in [0.2, 0.25) is 5.91 Å². The molecule has 2 aromatic carbocycles. The van der Waals surface area contributed by atoms with Crippen LogP contribution in [0.4, 0.5) is 11.4 Å². The lowest BCUT2D eigenvalue weighted by Gasteiger charge is -2.09. The number of hydrogen-bond acceptors (Lipinski definition) is 5. The Hall–Kier alpha value is -2.78. The number of non-ortho nitro benzene ring substituents is 1. The number of methoxy groups -OCH3 is 1. The second-order valence-electron chi connectivity index (χ2n) is 4.97. The predicted octanol–water partition coefficient (Wildman–Crippen LogP) is 3.89. The highest BCUT2D eigenvalue weighted by Gasteiger charge is 2.10. The van der Waals surface area contributed by atoms with Crippen molar-refractivity contribution in [3.63, 3.8) is 0 Å². The summed E-state index contributed by atoms with van der Waals surface area (Å²) >= 11 is 8.29. The molecule has 0 aliphatic rings. The maximum atomic E-state index is 11.9. The van der Waals surface area contributed by atoms with Crippen LogP contribution in [-0.4, -0.2) is 23.1 Å². The summed E-state index contributed by atoms with van der Waals surface area (Å²) in [7, 11) is 1.58. The molecule has 0 unspecified atom stereocenters. The minimum atomic E-state index is -0.501. The van der Waals surface area contributed by atoms with Gasteiger partial charge in [0.15, 0.2) is 5.11 Å². The van der Waals surface area contributed by atoms with Crippen LogP contribution in [0.25, 0.3) is 6.08 Å². The molecule has 1 amide bonds. The first kappa shape index (κ1) is 19.5. The Labute approximate surface area is 163 Å². The maximum Gasteiger partial charge on any atom is 0.270 e. The summed E-state index contributed by atoms with van der Waals surface area (Å²) in [6, 6.07) is 11.4. The number of rotatable bonds is 5. The lowest BCUT2D eigenvalue weighted by Crippen LogP contribution is -2.32. The van der Waals surface area contributed by atoms with Gasteiger partial charge in [-0.2, -0.15) is 0 Å². The summed E-state index contributed by atoms with van der Waals surface area (Å²) in [6.07, 6.45) is 2.99. The lowest BCUT2D eigenvalue weighted by atomic mass is 10.2. The minimum absolute atomic E-state index is 0.0557. The van der Waals surface area contributed by atoms with Crippen LogP contribution in [-0.2, 0) is 4.79 Å². The van der Waals surface area contributed by atoms with Crippen LogP contribution >= 0.6 is 28.1 Å². The Morgan fingerprint density at radius 1 is 1.27 bits per heavy atom. The lowest BCUT2D eigenvalue weighted by molar-refractivity contribution is -0.384. The number of carbonyl (C=O) groups is 1. The van der Waals surface area contributed by atoms with Gasteiger partial charge in [-0.25, -0.2) is 0 Å². The highest BCUT2D eigenvalue weighted by Crippen LogP contribution is 2.27. The molecule has 0 aromatic heterocycles. The van der Waals surface area contributed by atoms with E-state index in [-0.39, 0.29) is 10.8 Å². The molecule has 0 radical (unpaired) electrons. The fourth-order valence-corrected chi connectivity index (χ4v) is 2.59. The van der Waals surface area contributed by atoms with Crippen LogP contribution < -0.4 is 15.4 Å². The van der Waals surface area contributed by atoms with E-state index in [1.807, 2.05) is 12.1 Å².